The van der Waals surface area contributed by atoms with Gasteiger partial charge in [-0.2, -0.15) is 5.10 Å². The van der Waals surface area contributed by atoms with Gasteiger partial charge in [0.2, 0.25) is 0 Å². The van der Waals surface area contributed by atoms with E-state index in [-0.39, 0.29) is 12.5 Å². The highest BCUT2D eigenvalue weighted by molar-refractivity contribution is 9.10. The van der Waals surface area contributed by atoms with Crippen molar-refractivity contribution in [1.82, 2.24) is 10.7 Å². The molecule has 0 aliphatic carbocycles. The average Bonchev–Trinajstić information content (AvgIpc) is 2.79. The number of carbonyl (C=O) groups is 3. The Hall–Kier alpha value is -3.30. The lowest BCUT2D eigenvalue weighted by Gasteiger charge is -2.06. The van der Waals surface area contributed by atoms with Gasteiger partial charge in [0.25, 0.3) is 11.8 Å². The van der Waals surface area contributed by atoms with Crippen LogP contribution >= 0.6 is 31.9 Å². The van der Waals surface area contributed by atoms with Gasteiger partial charge in [0, 0.05) is 14.5 Å². The van der Waals surface area contributed by atoms with Crippen LogP contribution in [0.15, 0.2) is 86.8 Å². The molecular weight excluding hydrogens is 542 g/mol. The molecule has 0 unspecified atom stereocenters. The average molecular weight is 559 g/mol. The molecule has 0 spiro atoms. The van der Waals surface area contributed by atoms with Crippen molar-refractivity contribution in [2.75, 3.05) is 6.54 Å². The van der Waals surface area contributed by atoms with E-state index in [1.54, 1.807) is 66.7 Å². The van der Waals surface area contributed by atoms with Crippen LogP contribution in [0.4, 0.5) is 0 Å². The third-order valence-corrected chi connectivity index (χ3v) is 5.27. The van der Waals surface area contributed by atoms with Crippen molar-refractivity contribution >= 4 is 55.9 Å². The lowest BCUT2D eigenvalue weighted by molar-refractivity contribution is -0.120. The predicted molar refractivity (Wildman–Crippen MR) is 128 cm³/mol. The topological polar surface area (TPSA) is 96.9 Å². The van der Waals surface area contributed by atoms with E-state index in [4.69, 9.17) is 4.74 Å². The van der Waals surface area contributed by atoms with E-state index in [2.05, 4.69) is 47.7 Å². The van der Waals surface area contributed by atoms with Gasteiger partial charge >= 0.3 is 5.97 Å². The van der Waals surface area contributed by atoms with E-state index in [1.165, 1.54) is 6.21 Å². The number of hydrogen-bond donors (Lipinski definition) is 2. The Labute approximate surface area is 201 Å². The molecule has 3 rings (SSSR count). The zero-order valence-corrected chi connectivity index (χ0v) is 19.7. The number of amides is 2. The summed E-state index contributed by atoms with van der Waals surface area (Å²) in [5.74, 6) is -0.931. The van der Waals surface area contributed by atoms with Gasteiger partial charge in [-0.1, -0.05) is 34.1 Å². The molecule has 0 aliphatic heterocycles. The summed E-state index contributed by atoms with van der Waals surface area (Å²) in [6.45, 7) is -0.216. The highest BCUT2D eigenvalue weighted by atomic mass is 79.9. The highest BCUT2D eigenvalue weighted by Gasteiger charge is 2.11. The second kappa shape index (κ2) is 11.4. The molecule has 3 aromatic rings. The van der Waals surface area contributed by atoms with E-state index < -0.39 is 11.9 Å². The number of esters is 1. The maximum atomic E-state index is 12.2. The van der Waals surface area contributed by atoms with Crippen molar-refractivity contribution in [3.63, 3.8) is 0 Å². The Bertz CT molecular complexity index is 1160. The molecule has 2 N–H and O–H groups in total. The Balaban J connectivity index is 1.46. The van der Waals surface area contributed by atoms with Crippen LogP contribution in [0.5, 0.6) is 5.75 Å². The maximum absolute atomic E-state index is 12.2. The summed E-state index contributed by atoms with van der Waals surface area (Å²) in [4.78, 5) is 36.1. The summed E-state index contributed by atoms with van der Waals surface area (Å²) in [5, 5.41) is 6.38. The third kappa shape index (κ3) is 6.86. The van der Waals surface area contributed by atoms with Crippen molar-refractivity contribution < 1.29 is 19.1 Å². The fourth-order valence-corrected chi connectivity index (χ4v) is 3.37. The minimum atomic E-state index is -0.476. The van der Waals surface area contributed by atoms with Crippen LogP contribution in [0.3, 0.4) is 0 Å². The van der Waals surface area contributed by atoms with E-state index in [0.717, 1.165) is 4.47 Å². The Morgan fingerprint density at radius 3 is 2.41 bits per heavy atom. The maximum Gasteiger partial charge on any atom is 0.344 e. The molecule has 32 heavy (non-hydrogen) atoms. The molecule has 0 radical (unpaired) electrons. The first-order valence-electron chi connectivity index (χ1n) is 9.35. The zero-order valence-electron chi connectivity index (χ0n) is 16.5. The van der Waals surface area contributed by atoms with E-state index >= 15 is 0 Å². The standard InChI is InChI=1S/C23H17Br2N3O4/c24-17-5-3-4-16(12-17)22(30)26-14-21(29)28-27-13-15-8-10-18(11-9-15)32-23(31)19-6-1-2-7-20(19)25/h1-13H,14H2,(H,26,30)(H,28,29). The number of nitrogens with zero attached hydrogens (tertiary/aromatic N) is 1. The molecule has 0 heterocycles. The summed E-state index contributed by atoms with van der Waals surface area (Å²) in [5.41, 5.74) is 3.89. The second-order valence-corrected chi connectivity index (χ2v) is 8.19. The molecule has 0 saturated heterocycles. The SMILES string of the molecule is O=C(CNC(=O)c1cccc(Br)c1)NN=Cc1ccc(OC(=O)c2ccccc2Br)cc1. The normalized spacial score (nSPS) is 10.6. The summed E-state index contributed by atoms with van der Waals surface area (Å²) >= 11 is 6.61. The molecule has 0 bridgehead atoms. The largest absolute Gasteiger partial charge is 0.423 e. The summed E-state index contributed by atoms with van der Waals surface area (Å²) in [6, 6.07) is 20.4. The van der Waals surface area contributed by atoms with Crippen molar-refractivity contribution in [2.24, 2.45) is 5.10 Å². The van der Waals surface area contributed by atoms with Crippen LogP contribution in [-0.4, -0.2) is 30.5 Å². The smallest absolute Gasteiger partial charge is 0.344 e. The molecular formula is C23H17Br2N3O4. The van der Waals surface area contributed by atoms with Gasteiger partial charge in [-0.3, -0.25) is 9.59 Å². The number of carbonyl (C=O) groups excluding carboxylic acids is 3. The number of halogens is 2. The summed E-state index contributed by atoms with van der Waals surface area (Å²) < 4.78 is 6.77. The van der Waals surface area contributed by atoms with Crippen molar-refractivity contribution in [1.29, 1.82) is 0 Å². The second-order valence-electron chi connectivity index (χ2n) is 6.42. The molecule has 0 aliphatic rings. The number of ether oxygens (including phenoxy) is 1. The van der Waals surface area contributed by atoms with Gasteiger partial charge in [0.15, 0.2) is 0 Å². The highest BCUT2D eigenvalue weighted by Crippen LogP contribution is 2.19. The molecule has 0 atom stereocenters. The first-order valence-corrected chi connectivity index (χ1v) is 10.9. The molecule has 0 fully saturated rings. The Morgan fingerprint density at radius 1 is 0.938 bits per heavy atom. The van der Waals surface area contributed by atoms with Gasteiger partial charge in [-0.05, 0) is 76.1 Å². The van der Waals surface area contributed by atoms with E-state index in [1.807, 2.05) is 6.07 Å². The fraction of sp³-hybridized carbons (Fsp3) is 0.0435. The quantitative estimate of drug-likeness (QED) is 0.195. The van der Waals surface area contributed by atoms with Crippen molar-refractivity contribution in [2.45, 2.75) is 0 Å². The molecule has 2 amide bonds. The third-order valence-electron chi connectivity index (χ3n) is 4.08. The predicted octanol–water partition coefficient (Wildman–Crippen LogP) is 4.31. The first-order chi connectivity index (χ1) is 15.4. The lowest BCUT2D eigenvalue weighted by Crippen LogP contribution is -2.34. The molecule has 162 valence electrons. The minimum absolute atomic E-state index is 0.216. The number of nitrogens with one attached hydrogen (secondary N) is 2. The lowest BCUT2D eigenvalue weighted by atomic mass is 10.2. The number of hydrazone groups is 1. The summed E-state index contributed by atoms with van der Waals surface area (Å²) in [7, 11) is 0. The zero-order chi connectivity index (χ0) is 22.9. The van der Waals surface area contributed by atoms with Gasteiger partial charge < -0.3 is 10.1 Å². The number of rotatable bonds is 7. The summed E-state index contributed by atoms with van der Waals surface area (Å²) in [6.07, 6.45) is 1.44. The Morgan fingerprint density at radius 2 is 1.69 bits per heavy atom. The molecule has 7 nitrogen and oxygen atoms in total. The van der Waals surface area contributed by atoms with Crippen LogP contribution in [0.25, 0.3) is 0 Å². The molecule has 3 aromatic carbocycles. The minimum Gasteiger partial charge on any atom is -0.423 e. The Kier molecular flexibility index (Phi) is 8.29. The van der Waals surface area contributed by atoms with Crippen LogP contribution in [0.1, 0.15) is 26.3 Å². The van der Waals surface area contributed by atoms with Crippen LogP contribution < -0.4 is 15.5 Å². The van der Waals surface area contributed by atoms with Crippen LogP contribution in [-0.2, 0) is 4.79 Å². The fourth-order valence-electron chi connectivity index (χ4n) is 2.52. The van der Waals surface area contributed by atoms with Gasteiger partial charge in [0.05, 0.1) is 18.3 Å². The van der Waals surface area contributed by atoms with Crippen molar-refractivity contribution in [3.8, 4) is 5.75 Å². The van der Waals surface area contributed by atoms with E-state index in [9.17, 15) is 14.4 Å². The first kappa shape index (κ1) is 23.4. The monoisotopic (exact) mass is 557 g/mol. The number of hydrogen-bond acceptors (Lipinski definition) is 5. The number of benzene rings is 3. The molecule has 0 saturated carbocycles. The molecule has 9 heteroatoms. The van der Waals surface area contributed by atoms with E-state index in [0.29, 0.717) is 26.9 Å². The van der Waals surface area contributed by atoms with Gasteiger partial charge in [-0.15, -0.1) is 0 Å². The van der Waals surface area contributed by atoms with Crippen LogP contribution in [0.2, 0.25) is 0 Å². The van der Waals surface area contributed by atoms with Gasteiger partial charge in [0.1, 0.15) is 5.75 Å². The van der Waals surface area contributed by atoms with Crippen molar-refractivity contribution in [3.05, 3.63) is 98.4 Å². The van der Waals surface area contributed by atoms with Crippen LogP contribution in [0, 0.1) is 0 Å². The molecule has 0 aromatic heterocycles. The van der Waals surface area contributed by atoms with Gasteiger partial charge in [-0.25, -0.2) is 10.2 Å².